The number of alkyl halides is 3. The van der Waals surface area contributed by atoms with Crippen molar-refractivity contribution in [3.05, 3.63) is 28.2 Å². The Bertz CT molecular complexity index is 634. The highest BCUT2D eigenvalue weighted by atomic mass is 79.9. The second-order valence-electron chi connectivity index (χ2n) is 4.09. The van der Waals surface area contributed by atoms with Crippen LogP contribution in [0.5, 0.6) is 0 Å². The highest BCUT2D eigenvalue weighted by Crippen LogP contribution is 2.23. The first kappa shape index (κ1) is 18.2. The van der Waals surface area contributed by atoms with Gasteiger partial charge in [-0.15, -0.1) is 0 Å². The molecule has 1 N–H and O–H groups in total. The number of carbonyl (C=O) groups excluding carboxylic acids is 1. The van der Waals surface area contributed by atoms with Crippen molar-refractivity contribution in [1.29, 1.82) is 0 Å². The van der Waals surface area contributed by atoms with Gasteiger partial charge in [0.15, 0.2) is 0 Å². The van der Waals surface area contributed by atoms with E-state index in [1.807, 2.05) is 0 Å². The Morgan fingerprint density at radius 1 is 1.29 bits per heavy atom. The third-order valence-electron chi connectivity index (χ3n) is 2.34. The fourth-order valence-corrected chi connectivity index (χ4v) is 2.87. The standard InChI is InChI=1S/C11H10BrClF3NO3S/c12-8-4-7(5-9(6-8)21(13,19)20)10(18)17-3-1-2-11(14,15)16/h4-6H,1-3H2,(H,17,18). The molecule has 0 aliphatic rings. The van der Waals surface area contributed by atoms with Gasteiger partial charge in [0.2, 0.25) is 0 Å². The van der Waals surface area contributed by atoms with Gasteiger partial charge in [0.05, 0.1) is 4.90 Å². The lowest BCUT2D eigenvalue weighted by Crippen LogP contribution is -2.25. The number of halogens is 5. The molecule has 0 saturated carbocycles. The van der Waals surface area contributed by atoms with Crippen LogP contribution in [0.2, 0.25) is 0 Å². The van der Waals surface area contributed by atoms with Gasteiger partial charge in [-0.2, -0.15) is 13.2 Å². The summed E-state index contributed by atoms with van der Waals surface area (Å²) in [6.45, 7) is -0.173. The van der Waals surface area contributed by atoms with Gasteiger partial charge in [-0.3, -0.25) is 4.79 Å². The van der Waals surface area contributed by atoms with Crippen LogP contribution in [-0.2, 0) is 9.05 Å². The third-order valence-corrected chi connectivity index (χ3v) is 4.13. The summed E-state index contributed by atoms with van der Waals surface area (Å²) in [5.74, 6) is -0.681. The summed E-state index contributed by atoms with van der Waals surface area (Å²) in [5.41, 5.74) is -0.0180. The van der Waals surface area contributed by atoms with Crippen molar-refractivity contribution in [3.8, 4) is 0 Å². The summed E-state index contributed by atoms with van der Waals surface area (Å²) in [6.07, 6.45) is -5.54. The molecular formula is C11H10BrClF3NO3S. The van der Waals surface area contributed by atoms with E-state index in [1.165, 1.54) is 12.1 Å². The summed E-state index contributed by atoms with van der Waals surface area (Å²) in [5, 5.41) is 2.28. The third kappa shape index (κ3) is 6.66. The zero-order chi connectivity index (χ0) is 16.3. The van der Waals surface area contributed by atoms with Crippen molar-refractivity contribution in [2.75, 3.05) is 6.54 Å². The van der Waals surface area contributed by atoms with Crippen LogP contribution in [0, 0.1) is 0 Å². The Kier molecular flexibility index (Phi) is 6.06. The Morgan fingerprint density at radius 2 is 1.90 bits per heavy atom. The van der Waals surface area contributed by atoms with E-state index in [-0.39, 0.29) is 23.4 Å². The number of hydrogen-bond acceptors (Lipinski definition) is 3. The quantitative estimate of drug-likeness (QED) is 0.599. The molecule has 0 atom stereocenters. The zero-order valence-electron chi connectivity index (χ0n) is 10.4. The predicted molar refractivity (Wildman–Crippen MR) is 74.8 cm³/mol. The molecule has 0 aromatic heterocycles. The smallest absolute Gasteiger partial charge is 0.352 e. The van der Waals surface area contributed by atoms with E-state index in [4.69, 9.17) is 10.7 Å². The maximum Gasteiger partial charge on any atom is 0.389 e. The Balaban J connectivity index is 2.73. The lowest BCUT2D eigenvalue weighted by molar-refractivity contribution is -0.135. The number of benzene rings is 1. The van der Waals surface area contributed by atoms with Gasteiger partial charge in [0.1, 0.15) is 0 Å². The van der Waals surface area contributed by atoms with Crippen molar-refractivity contribution >= 4 is 41.6 Å². The van der Waals surface area contributed by atoms with Gasteiger partial charge in [0, 0.05) is 33.7 Å². The molecule has 0 saturated heterocycles. The summed E-state index contributed by atoms with van der Waals surface area (Å²) in [4.78, 5) is 11.5. The maximum atomic E-state index is 11.9. The van der Waals surface area contributed by atoms with Crippen molar-refractivity contribution < 1.29 is 26.4 Å². The molecule has 0 spiro atoms. The second kappa shape index (κ2) is 6.97. The first-order valence-electron chi connectivity index (χ1n) is 5.59. The first-order chi connectivity index (χ1) is 9.49. The average molecular weight is 409 g/mol. The van der Waals surface area contributed by atoms with Crippen molar-refractivity contribution in [2.24, 2.45) is 0 Å². The Hall–Kier alpha value is -0.800. The van der Waals surface area contributed by atoms with Gasteiger partial charge in [-0.25, -0.2) is 8.42 Å². The molecule has 0 heterocycles. The molecule has 0 bridgehead atoms. The molecule has 0 radical (unpaired) electrons. The van der Waals surface area contributed by atoms with E-state index in [0.29, 0.717) is 4.47 Å². The molecule has 1 rings (SSSR count). The van der Waals surface area contributed by atoms with E-state index in [9.17, 15) is 26.4 Å². The molecule has 0 aliphatic carbocycles. The summed E-state index contributed by atoms with van der Waals surface area (Å²) in [6, 6.07) is 3.60. The van der Waals surface area contributed by atoms with Crippen LogP contribution in [-0.4, -0.2) is 27.0 Å². The minimum atomic E-state index is -4.28. The van der Waals surface area contributed by atoms with Crippen molar-refractivity contribution in [3.63, 3.8) is 0 Å². The molecule has 0 fully saturated rings. The topological polar surface area (TPSA) is 63.2 Å². The largest absolute Gasteiger partial charge is 0.389 e. The molecule has 0 unspecified atom stereocenters. The van der Waals surface area contributed by atoms with E-state index < -0.39 is 27.6 Å². The van der Waals surface area contributed by atoms with Crippen LogP contribution < -0.4 is 5.32 Å². The van der Waals surface area contributed by atoms with Crippen LogP contribution in [0.4, 0.5) is 13.2 Å². The van der Waals surface area contributed by atoms with Crippen LogP contribution in [0.1, 0.15) is 23.2 Å². The SMILES string of the molecule is O=C(NCCCC(F)(F)F)c1cc(Br)cc(S(=O)(=O)Cl)c1. The van der Waals surface area contributed by atoms with Crippen LogP contribution in [0.25, 0.3) is 0 Å². The molecule has 1 aromatic rings. The van der Waals surface area contributed by atoms with Crippen LogP contribution >= 0.6 is 26.6 Å². The van der Waals surface area contributed by atoms with E-state index in [0.717, 1.165) is 6.07 Å². The summed E-state index contributed by atoms with van der Waals surface area (Å²) < 4.78 is 58.6. The molecule has 10 heteroatoms. The number of carbonyl (C=O) groups is 1. The highest BCUT2D eigenvalue weighted by Gasteiger charge is 2.26. The molecule has 118 valence electrons. The zero-order valence-corrected chi connectivity index (χ0v) is 13.5. The van der Waals surface area contributed by atoms with Crippen molar-refractivity contribution in [1.82, 2.24) is 5.32 Å². The maximum absolute atomic E-state index is 11.9. The van der Waals surface area contributed by atoms with E-state index in [1.54, 1.807) is 0 Å². The molecule has 4 nitrogen and oxygen atoms in total. The fraction of sp³-hybridized carbons (Fsp3) is 0.364. The first-order valence-corrected chi connectivity index (χ1v) is 8.69. The molecular weight excluding hydrogens is 399 g/mol. The second-order valence-corrected chi connectivity index (χ2v) is 7.57. The lowest BCUT2D eigenvalue weighted by Gasteiger charge is -2.08. The van der Waals surface area contributed by atoms with Crippen LogP contribution in [0.15, 0.2) is 27.6 Å². The normalized spacial score (nSPS) is 12.2. The minimum Gasteiger partial charge on any atom is -0.352 e. The van der Waals surface area contributed by atoms with Crippen LogP contribution in [0.3, 0.4) is 0 Å². The Morgan fingerprint density at radius 3 is 2.43 bits per heavy atom. The Labute approximate surface area is 132 Å². The predicted octanol–water partition coefficient (Wildman–Crippen LogP) is 3.45. The summed E-state index contributed by atoms with van der Waals surface area (Å²) >= 11 is 3.03. The minimum absolute atomic E-state index is 0.0180. The van der Waals surface area contributed by atoms with E-state index in [2.05, 4.69) is 21.2 Å². The van der Waals surface area contributed by atoms with Gasteiger partial charge in [0.25, 0.3) is 15.0 Å². The van der Waals surface area contributed by atoms with Crippen molar-refractivity contribution in [2.45, 2.75) is 23.9 Å². The number of amides is 1. The number of rotatable bonds is 5. The lowest BCUT2D eigenvalue weighted by atomic mass is 10.2. The number of hydrogen-bond donors (Lipinski definition) is 1. The number of nitrogens with one attached hydrogen (secondary N) is 1. The van der Waals surface area contributed by atoms with Gasteiger partial charge >= 0.3 is 6.18 Å². The monoisotopic (exact) mass is 407 g/mol. The average Bonchev–Trinajstić information content (AvgIpc) is 2.31. The fourth-order valence-electron chi connectivity index (χ4n) is 1.43. The van der Waals surface area contributed by atoms with E-state index >= 15 is 0 Å². The molecule has 1 amide bonds. The summed E-state index contributed by atoms with van der Waals surface area (Å²) in [7, 11) is 1.17. The van der Waals surface area contributed by atoms with Gasteiger partial charge in [-0.05, 0) is 24.6 Å². The molecule has 0 aliphatic heterocycles. The molecule has 21 heavy (non-hydrogen) atoms. The molecule has 1 aromatic carbocycles. The van der Waals surface area contributed by atoms with Gasteiger partial charge in [-0.1, -0.05) is 15.9 Å². The highest BCUT2D eigenvalue weighted by molar-refractivity contribution is 9.10. The van der Waals surface area contributed by atoms with Gasteiger partial charge < -0.3 is 5.32 Å².